The molecular weight excluding hydrogens is 338 g/mol. The molecule has 0 unspecified atom stereocenters. The van der Waals surface area contributed by atoms with E-state index in [0.29, 0.717) is 23.1 Å². The Kier molecular flexibility index (Phi) is 5.63. The normalized spacial score (nSPS) is 10.4. The minimum Gasteiger partial charge on any atom is -0.494 e. The monoisotopic (exact) mass is 355 g/mol. The summed E-state index contributed by atoms with van der Waals surface area (Å²) < 4.78 is 6.95. The van der Waals surface area contributed by atoms with E-state index in [2.05, 4.69) is 20.8 Å². The lowest BCUT2D eigenvalue weighted by atomic mass is 10.3. The molecule has 1 heterocycles. The van der Waals surface area contributed by atoms with E-state index >= 15 is 0 Å². The summed E-state index contributed by atoms with van der Waals surface area (Å²) in [6, 6.07) is 16.9. The van der Waals surface area contributed by atoms with Crippen molar-refractivity contribution in [2.45, 2.75) is 11.6 Å². The Hall–Kier alpha value is -2.87. The predicted octanol–water partition coefficient (Wildman–Crippen LogP) is 2.79. The number of anilines is 1. The second-order valence-corrected chi connectivity index (χ2v) is 6.12. The average Bonchev–Trinajstić information content (AvgIpc) is 3.11. The molecule has 0 atom stereocenters. The van der Waals surface area contributed by atoms with Gasteiger partial charge in [0, 0.05) is 17.9 Å². The molecule has 1 amide bonds. The number of thioether (sulfide) groups is 1. The summed E-state index contributed by atoms with van der Waals surface area (Å²) in [4.78, 5) is 12.0. The minimum atomic E-state index is -0.0463. The van der Waals surface area contributed by atoms with Crippen LogP contribution in [0.2, 0.25) is 0 Å². The molecule has 2 aromatic carbocycles. The number of para-hydroxylation sites is 3. The van der Waals surface area contributed by atoms with Gasteiger partial charge in [0.05, 0.1) is 7.11 Å². The summed E-state index contributed by atoms with van der Waals surface area (Å²) in [5, 5.41) is 15.2. The maximum absolute atomic E-state index is 12.0. The standard InChI is InChI=1S/C17H17N5O2S/c1-24-15-10-6-5-9-14(15)22-17(19-20-21-22)25-12-11-16(23)18-13-7-3-2-4-8-13/h2-10H,11-12H2,1H3,(H,18,23). The molecule has 0 fully saturated rings. The van der Waals surface area contributed by atoms with Gasteiger partial charge in [-0.2, -0.15) is 4.68 Å². The average molecular weight is 355 g/mol. The number of nitrogens with one attached hydrogen (secondary N) is 1. The van der Waals surface area contributed by atoms with Crippen molar-refractivity contribution in [1.82, 2.24) is 20.2 Å². The summed E-state index contributed by atoms with van der Waals surface area (Å²) in [6.07, 6.45) is 0.359. The van der Waals surface area contributed by atoms with Crippen LogP contribution in [0.4, 0.5) is 5.69 Å². The van der Waals surface area contributed by atoms with Gasteiger partial charge in [-0.1, -0.05) is 42.1 Å². The van der Waals surface area contributed by atoms with Crippen LogP contribution in [0.3, 0.4) is 0 Å². The maximum atomic E-state index is 12.0. The fourth-order valence-electron chi connectivity index (χ4n) is 2.20. The number of rotatable bonds is 7. The first-order valence-corrected chi connectivity index (χ1v) is 8.66. The summed E-state index contributed by atoms with van der Waals surface area (Å²) in [5.41, 5.74) is 1.54. The largest absolute Gasteiger partial charge is 0.494 e. The predicted molar refractivity (Wildman–Crippen MR) is 96.1 cm³/mol. The highest BCUT2D eigenvalue weighted by atomic mass is 32.2. The first-order chi connectivity index (χ1) is 12.3. The Balaban J connectivity index is 1.60. The van der Waals surface area contributed by atoms with Crippen molar-refractivity contribution in [3.05, 3.63) is 54.6 Å². The van der Waals surface area contributed by atoms with E-state index < -0.39 is 0 Å². The van der Waals surface area contributed by atoms with Gasteiger partial charge in [-0.15, -0.1) is 5.10 Å². The zero-order valence-corrected chi connectivity index (χ0v) is 14.4. The third-order valence-electron chi connectivity index (χ3n) is 3.37. The van der Waals surface area contributed by atoms with E-state index in [9.17, 15) is 4.79 Å². The quantitative estimate of drug-likeness (QED) is 0.656. The Bertz CT molecular complexity index is 838. The lowest BCUT2D eigenvalue weighted by Gasteiger charge is -2.09. The van der Waals surface area contributed by atoms with Gasteiger partial charge in [0.15, 0.2) is 0 Å². The van der Waals surface area contributed by atoms with E-state index in [0.717, 1.165) is 11.4 Å². The highest BCUT2D eigenvalue weighted by Gasteiger charge is 2.13. The number of nitrogens with zero attached hydrogens (tertiary/aromatic N) is 4. The van der Waals surface area contributed by atoms with Crippen LogP contribution >= 0.6 is 11.8 Å². The number of ether oxygens (including phenoxy) is 1. The number of tetrazole rings is 1. The summed E-state index contributed by atoms with van der Waals surface area (Å²) in [5.74, 6) is 1.20. The van der Waals surface area contributed by atoms with Crippen molar-refractivity contribution in [2.24, 2.45) is 0 Å². The lowest BCUT2D eigenvalue weighted by molar-refractivity contribution is -0.115. The number of benzene rings is 2. The second-order valence-electron chi connectivity index (χ2n) is 5.06. The molecule has 1 N–H and O–H groups in total. The Morgan fingerprint density at radius 3 is 2.72 bits per heavy atom. The van der Waals surface area contributed by atoms with Gasteiger partial charge in [0.2, 0.25) is 11.1 Å². The topological polar surface area (TPSA) is 81.9 Å². The van der Waals surface area contributed by atoms with Gasteiger partial charge in [-0.05, 0) is 34.7 Å². The number of methoxy groups -OCH3 is 1. The molecular formula is C17H17N5O2S. The van der Waals surface area contributed by atoms with E-state index in [4.69, 9.17) is 4.74 Å². The van der Waals surface area contributed by atoms with Crippen LogP contribution < -0.4 is 10.1 Å². The van der Waals surface area contributed by atoms with Crippen LogP contribution in [0.15, 0.2) is 59.8 Å². The molecule has 3 aromatic rings. The van der Waals surface area contributed by atoms with E-state index in [-0.39, 0.29) is 5.91 Å². The number of carbonyl (C=O) groups excluding carboxylic acids is 1. The molecule has 0 bridgehead atoms. The molecule has 0 radical (unpaired) electrons. The van der Waals surface area contributed by atoms with Crippen LogP contribution in [-0.4, -0.2) is 39.0 Å². The number of carbonyl (C=O) groups is 1. The van der Waals surface area contributed by atoms with Crippen LogP contribution in [-0.2, 0) is 4.79 Å². The summed E-state index contributed by atoms with van der Waals surface area (Å²) >= 11 is 1.42. The second kappa shape index (κ2) is 8.29. The van der Waals surface area contributed by atoms with Crippen molar-refractivity contribution in [3.63, 3.8) is 0 Å². The van der Waals surface area contributed by atoms with Crippen molar-refractivity contribution < 1.29 is 9.53 Å². The highest BCUT2D eigenvalue weighted by Crippen LogP contribution is 2.25. The fourth-order valence-corrected chi connectivity index (χ4v) is 3.03. The lowest BCUT2D eigenvalue weighted by Crippen LogP contribution is -2.12. The zero-order valence-electron chi connectivity index (χ0n) is 13.6. The van der Waals surface area contributed by atoms with Gasteiger partial charge < -0.3 is 10.1 Å². The number of hydrogen-bond donors (Lipinski definition) is 1. The summed E-state index contributed by atoms with van der Waals surface area (Å²) in [7, 11) is 1.60. The highest BCUT2D eigenvalue weighted by molar-refractivity contribution is 7.99. The molecule has 8 heteroatoms. The Morgan fingerprint density at radius 1 is 1.16 bits per heavy atom. The van der Waals surface area contributed by atoms with Gasteiger partial charge in [0.1, 0.15) is 11.4 Å². The third-order valence-corrected chi connectivity index (χ3v) is 4.29. The molecule has 1 aromatic heterocycles. The number of aromatic nitrogens is 4. The SMILES string of the molecule is COc1ccccc1-n1nnnc1SCCC(=O)Nc1ccccc1. The van der Waals surface area contributed by atoms with E-state index in [1.165, 1.54) is 11.8 Å². The molecule has 0 spiro atoms. The molecule has 0 aliphatic rings. The van der Waals surface area contributed by atoms with E-state index in [1.807, 2.05) is 54.6 Å². The third kappa shape index (κ3) is 4.36. The molecule has 0 saturated carbocycles. The van der Waals surface area contributed by atoms with Gasteiger partial charge in [0.25, 0.3) is 0 Å². The maximum Gasteiger partial charge on any atom is 0.225 e. The van der Waals surface area contributed by atoms with Crippen LogP contribution in [0, 0.1) is 0 Å². The molecule has 0 aliphatic carbocycles. The van der Waals surface area contributed by atoms with Crippen LogP contribution in [0.25, 0.3) is 5.69 Å². The molecule has 0 aliphatic heterocycles. The van der Waals surface area contributed by atoms with Crippen molar-refractivity contribution >= 4 is 23.4 Å². The van der Waals surface area contributed by atoms with Crippen LogP contribution in [0.1, 0.15) is 6.42 Å². The molecule has 0 saturated heterocycles. The van der Waals surface area contributed by atoms with Crippen molar-refractivity contribution in [2.75, 3.05) is 18.2 Å². The van der Waals surface area contributed by atoms with Crippen molar-refractivity contribution in [1.29, 1.82) is 0 Å². The van der Waals surface area contributed by atoms with Crippen molar-refractivity contribution in [3.8, 4) is 11.4 Å². The molecule has 128 valence electrons. The number of amides is 1. The van der Waals surface area contributed by atoms with Gasteiger partial charge in [-0.3, -0.25) is 4.79 Å². The van der Waals surface area contributed by atoms with Crippen LogP contribution in [0.5, 0.6) is 5.75 Å². The number of hydrogen-bond acceptors (Lipinski definition) is 6. The van der Waals surface area contributed by atoms with Gasteiger partial charge in [-0.25, -0.2) is 0 Å². The first-order valence-electron chi connectivity index (χ1n) is 7.67. The minimum absolute atomic E-state index is 0.0463. The molecule has 3 rings (SSSR count). The Labute approximate surface area is 149 Å². The zero-order chi connectivity index (χ0) is 17.5. The summed E-state index contributed by atoms with van der Waals surface area (Å²) in [6.45, 7) is 0. The van der Waals surface area contributed by atoms with Gasteiger partial charge >= 0.3 is 0 Å². The first kappa shape index (κ1) is 17.0. The molecule has 25 heavy (non-hydrogen) atoms. The fraction of sp³-hybridized carbons (Fsp3) is 0.176. The Morgan fingerprint density at radius 2 is 1.92 bits per heavy atom. The smallest absolute Gasteiger partial charge is 0.225 e. The van der Waals surface area contributed by atoms with E-state index in [1.54, 1.807) is 11.8 Å². The molecule has 7 nitrogen and oxygen atoms in total.